The van der Waals surface area contributed by atoms with Crippen LogP contribution in [0.3, 0.4) is 0 Å². The van der Waals surface area contributed by atoms with Crippen molar-refractivity contribution in [1.29, 1.82) is 0 Å². The van der Waals surface area contributed by atoms with Crippen LogP contribution >= 0.6 is 0 Å². The summed E-state index contributed by atoms with van der Waals surface area (Å²) in [7, 11) is 1.40. The second kappa shape index (κ2) is 8.35. The van der Waals surface area contributed by atoms with Crippen LogP contribution in [-0.4, -0.2) is 55.2 Å². The van der Waals surface area contributed by atoms with Gasteiger partial charge in [-0.05, 0) is 54.6 Å². The van der Waals surface area contributed by atoms with Crippen molar-refractivity contribution in [1.82, 2.24) is 40.3 Å². The third-order valence-corrected chi connectivity index (χ3v) is 5.64. The highest BCUT2D eigenvalue weighted by molar-refractivity contribution is 5.76. The van der Waals surface area contributed by atoms with E-state index in [4.69, 9.17) is 10.5 Å². The van der Waals surface area contributed by atoms with Crippen LogP contribution in [0, 0.1) is 5.82 Å². The Bertz CT molecular complexity index is 1250. The summed E-state index contributed by atoms with van der Waals surface area (Å²) >= 11 is 0. The standard InChI is InChI=1S/C21H22FN9O/c1-32-18-4-2-3-17(19(18)22)31-21(27-28-29-31)16-9-13(10-25-20(16)23)14-11-26-30(12-14)15-5-7-24-8-6-15/h2-4,9-12,15,24H,5-8H2,1H3,(H2,23,25). The molecule has 0 saturated carbocycles. The summed E-state index contributed by atoms with van der Waals surface area (Å²) in [6.45, 7) is 1.97. The monoisotopic (exact) mass is 435 g/mol. The van der Waals surface area contributed by atoms with Gasteiger partial charge in [-0.1, -0.05) is 6.07 Å². The van der Waals surface area contributed by atoms with Gasteiger partial charge in [0.25, 0.3) is 0 Å². The van der Waals surface area contributed by atoms with Crippen molar-refractivity contribution in [2.45, 2.75) is 18.9 Å². The van der Waals surface area contributed by atoms with Crippen molar-refractivity contribution in [3.8, 4) is 34.0 Å². The lowest BCUT2D eigenvalue weighted by atomic mass is 10.1. The number of anilines is 1. The number of aromatic nitrogens is 7. The first-order chi connectivity index (χ1) is 15.7. The second-order valence-electron chi connectivity index (χ2n) is 7.55. The number of methoxy groups -OCH3 is 1. The SMILES string of the molecule is COc1cccc(-n2nnnc2-c2cc(-c3cnn(C4CCNCC4)c3)cnc2N)c1F. The summed E-state index contributed by atoms with van der Waals surface area (Å²) in [6, 6.07) is 6.96. The van der Waals surface area contributed by atoms with Crippen molar-refractivity contribution in [2.75, 3.05) is 25.9 Å². The smallest absolute Gasteiger partial charge is 0.190 e. The van der Waals surface area contributed by atoms with E-state index >= 15 is 0 Å². The fourth-order valence-corrected chi connectivity index (χ4v) is 3.91. The Morgan fingerprint density at radius 1 is 1.19 bits per heavy atom. The molecule has 10 nitrogen and oxygen atoms in total. The van der Waals surface area contributed by atoms with E-state index in [2.05, 4.69) is 30.9 Å². The van der Waals surface area contributed by atoms with E-state index in [0.29, 0.717) is 11.6 Å². The maximum absolute atomic E-state index is 14.9. The summed E-state index contributed by atoms with van der Waals surface area (Å²) in [4.78, 5) is 4.33. The number of rotatable bonds is 5. The summed E-state index contributed by atoms with van der Waals surface area (Å²) in [5.74, 6) is 0.0252. The minimum atomic E-state index is -0.575. The number of pyridine rings is 1. The Hall–Kier alpha value is -3.86. The highest BCUT2D eigenvalue weighted by Gasteiger charge is 2.21. The Labute approximate surface area is 183 Å². The van der Waals surface area contributed by atoms with Crippen LogP contribution in [0.5, 0.6) is 5.75 Å². The molecule has 5 rings (SSSR count). The van der Waals surface area contributed by atoms with Gasteiger partial charge >= 0.3 is 0 Å². The number of tetrazole rings is 1. The van der Waals surface area contributed by atoms with E-state index in [0.717, 1.165) is 37.1 Å². The van der Waals surface area contributed by atoms with Crippen LogP contribution in [0.2, 0.25) is 0 Å². The first-order valence-electron chi connectivity index (χ1n) is 10.3. The number of nitrogens with two attached hydrogens (primary N) is 1. The number of benzene rings is 1. The molecule has 1 aliphatic rings. The molecule has 0 amide bonds. The molecule has 3 N–H and O–H groups in total. The predicted octanol–water partition coefficient (Wildman–Crippen LogP) is 2.24. The molecule has 0 aliphatic carbocycles. The van der Waals surface area contributed by atoms with Crippen molar-refractivity contribution in [3.63, 3.8) is 0 Å². The number of nitrogens with one attached hydrogen (secondary N) is 1. The fourth-order valence-electron chi connectivity index (χ4n) is 3.91. The molecule has 164 valence electrons. The van der Waals surface area contributed by atoms with Crippen LogP contribution in [0.15, 0.2) is 42.9 Å². The van der Waals surface area contributed by atoms with E-state index in [-0.39, 0.29) is 23.1 Å². The van der Waals surface area contributed by atoms with Gasteiger partial charge in [0.2, 0.25) is 0 Å². The van der Waals surface area contributed by atoms with Gasteiger partial charge in [-0.2, -0.15) is 9.78 Å². The summed E-state index contributed by atoms with van der Waals surface area (Å²) in [5, 5.41) is 19.7. The van der Waals surface area contributed by atoms with Gasteiger partial charge in [0.05, 0.1) is 24.9 Å². The quantitative estimate of drug-likeness (QED) is 0.490. The number of hydrogen-bond acceptors (Lipinski definition) is 8. The molecular formula is C21H22FN9O. The zero-order valence-electron chi connectivity index (χ0n) is 17.4. The van der Waals surface area contributed by atoms with E-state index in [9.17, 15) is 4.39 Å². The normalized spacial score (nSPS) is 14.6. The first kappa shape index (κ1) is 20.1. The number of piperidine rings is 1. The Morgan fingerprint density at radius 3 is 2.84 bits per heavy atom. The molecule has 1 aromatic carbocycles. The second-order valence-corrected chi connectivity index (χ2v) is 7.55. The van der Waals surface area contributed by atoms with Crippen LogP contribution in [0.25, 0.3) is 28.2 Å². The molecule has 0 atom stereocenters. The maximum atomic E-state index is 14.9. The van der Waals surface area contributed by atoms with Crippen LogP contribution in [-0.2, 0) is 0 Å². The fraction of sp³-hybridized carbons (Fsp3) is 0.286. The molecule has 1 saturated heterocycles. The lowest BCUT2D eigenvalue weighted by Crippen LogP contribution is -2.29. The van der Waals surface area contributed by atoms with Crippen LogP contribution in [0.4, 0.5) is 10.2 Å². The van der Waals surface area contributed by atoms with Gasteiger partial charge in [-0.15, -0.1) is 5.10 Å². The highest BCUT2D eigenvalue weighted by Crippen LogP contribution is 2.31. The van der Waals surface area contributed by atoms with E-state index in [1.807, 2.05) is 23.1 Å². The third kappa shape index (κ3) is 3.56. The lowest BCUT2D eigenvalue weighted by Gasteiger charge is -2.22. The van der Waals surface area contributed by atoms with Crippen molar-refractivity contribution in [2.24, 2.45) is 0 Å². The van der Waals surface area contributed by atoms with Gasteiger partial charge in [-0.3, -0.25) is 4.68 Å². The molecule has 0 unspecified atom stereocenters. The molecule has 1 aliphatic heterocycles. The topological polar surface area (TPSA) is 122 Å². The summed E-state index contributed by atoms with van der Waals surface area (Å²) in [6.07, 6.45) is 7.57. The van der Waals surface area contributed by atoms with Gasteiger partial charge < -0.3 is 15.8 Å². The van der Waals surface area contributed by atoms with E-state index < -0.39 is 5.82 Å². The minimum absolute atomic E-state index is 0.0918. The van der Waals surface area contributed by atoms with E-state index in [1.165, 1.54) is 17.9 Å². The Balaban J connectivity index is 1.53. The molecule has 32 heavy (non-hydrogen) atoms. The number of halogens is 1. The predicted molar refractivity (Wildman–Crippen MR) is 116 cm³/mol. The highest BCUT2D eigenvalue weighted by atomic mass is 19.1. The van der Waals surface area contributed by atoms with Crippen molar-refractivity contribution < 1.29 is 9.13 Å². The largest absolute Gasteiger partial charge is 0.494 e. The Morgan fingerprint density at radius 2 is 2.03 bits per heavy atom. The van der Waals surface area contributed by atoms with Gasteiger partial charge in [0.1, 0.15) is 11.5 Å². The molecule has 4 heterocycles. The zero-order valence-corrected chi connectivity index (χ0v) is 17.4. The molecule has 1 fully saturated rings. The first-order valence-corrected chi connectivity index (χ1v) is 10.3. The molecule has 3 aromatic heterocycles. The molecule has 0 radical (unpaired) electrons. The molecule has 0 bridgehead atoms. The van der Waals surface area contributed by atoms with Crippen molar-refractivity contribution >= 4 is 5.82 Å². The Kier molecular flexibility index (Phi) is 5.23. The lowest BCUT2D eigenvalue weighted by molar-refractivity contribution is 0.343. The van der Waals surface area contributed by atoms with Gasteiger partial charge in [0, 0.05) is 23.5 Å². The zero-order chi connectivity index (χ0) is 22.1. The molecule has 0 spiro atoms. The van der Waals surface area contributed by atoms with E-state index in [1.54, 1.807) is 18.3 Å². The summed E-state index contributed by atoms with van der Waals surface area (Å²) < 4.78 is 23.2. The maximum Gasteiger partial charge on any atom is 0.190 e. The number of ether oxygens (including phenoxy) is 1. The third-order valence-electron chi connectivity index (χ3n) is 5.64. The van der Waals surface area contributed by atoms with Gasteiger partial charge in [-0.25, -0.2) is 9.37 Å². The number of nitrogen functional groups attached to an aromatic ring is 1. The van der Waals surface area contributed by atoms with Crippen molar-refractivity contribution in [3.05, 3.63) is 48.7 Å². The number of hydrogen-bond donors (Lipinski definition) is 2. The van der Waals surface area contributed by atoms with Crippen LogP contribution in [0.1, 0.15) is 18.9 Å². The number of nitrogens with zero attached hydrogens (tertiary/aromatic N) is 7. The molecular weight excluding hydrogens is 413 g/mol. The average Bonchev–Trinajstić information content (AvgIpc) is 3.51. The molecule has 11 heteroatoms. The summed E-state index contributed by atoms with van der Waals surface area (Å²) in [5.41, 5.74) is 8.51. The minimum Gasteiger partial charge on any atom is -0.494 e. The molecule has 4 aromatic rings. The van der Waals surface area contributed by atoms with Crippen LogP contribution < -0.4 is 15.8 Å². The van der Waals surface area contributed by atoms with Gasteiger partial charge in [0.15, 0.2) is 17.4 Å². The average molecular weight is 435 g/mol.